The molecule has 6 nitrogen and oxygen atoms in total. The number of aromatic nitrogens is 3. The van der Waals surface area contributed by atoms with Gasteiger partial charge in [0.25, 0.3) is 0 Å². The Bertz CT molecular complexity index is 541. The Labute approximate surface area is 138 Å². The number of urea groups is 1. The fraction of sp³-hybridized carbons (Fsp3) is 0.824. The zero-order chi connectivity index (χ0) is 16.2. The fourth-order valence-corrected chi connectivity index (χ4v) is 3.98. The van der Waals surface area contributed by atoms with Gasteiger partial charge in [-0.2, -0.15) is 0 Å². The molecule has 23 heavy (non-hydrogen) atoms. The van der Waals surface area contributed by atoms with E-state index in [0.29, 0.717) is 18.5 Å². The summed E-state index contributed by atoms with van der Waals surface area (Å²) in [5.74, 6) is 2.55. The van der Waals surface area contributed by atoms with Gasteiger partial charge in [-0.3, -0.25) is 0 Å². The van der Waals surface area contributed by atoms with Gasteiger partial charge in [0.05, 0.1) is 6.54 Å². The minimum atomic E-state index is 0.00900. The van der Waals surface area contributed by atoms with Crippen molar-refractivity contribution in [2.24, 2.45) is 5.92 Å². The predicted octanol–water partition coefficient (Wildman–Crippen LogP) is 2.72. The van der Waals surface area contributed by atoms with Crippen molar-refractivity contribution < 1.29 is 4.79 Å². The molecule has 2 atom stereocenters. The lowest BCUT2D eigenvalue weighted by Gasteiger charge is -2.36. The molecule has 2 aliphatic rings. The zero-order valence-electron chi connectivity index (χ0n) is 14.4. The largest absolute Gasteiger partial charge is 0.331 e. The minimum absolute atomic E-state index is 0.00900. The van der Waals surface area contributed by atoms with Gasteiger partial charge in [-0.1, -0.05) is 26.2 Å². The summed E-state index contributed by atoms with van der Waals surface area (Å²) < 4.78 is 2.19. The summed E-state index contributed by atoms with van der Waals surface area (Å²) in [6.07, 6.45) is 9.46. The van der Waals surface area contributed by atoms with Crippen LogP contribution in [-0.2, 0) is 19.5 Å². The van der Waals surface area contributed by atoms with Crippen LogP contribution in [0.5, 0.6) is 0 Å². The number of nitrogens with one attached hydrogen (secondary N) is 1. The van der Waals surface area contributed by atoms with Crippen LogP contribution < -0.4 is 5.32 Å². The number of carbonyl (C=O) groups is 1. The van der Waals surface area contributed by atoms with Crippen molar-refractivity contribution in [3.05, 3.63) is 11.6 Å². The third-order valence-corrected chi connectivity index (χ3v) is 5.47. The van der Waals surface area contributed by atoms with Crippen LogP contribution in [-0.4, -0.2) is 38.8 Å². The zero-order valence-corrected chi connectivity index (χ0v) is 14.4. The second-order valence-electron chi connectivity index (χ2n) is 7.09. The number of nitrogens with zero attached hydrogens (tertiary/aromatic N) is 4. The summed E-state index contributed by atoms with van der Waals surface area (Å²) >= 11 is 0. The second-order valence-corrected chi connectivity index (χ2v) is 7.09. The first kappa shape index (κ1) is 16.3. The first-order valence-electron chi connectivity index (χ1n) is 9.08. The van der Waals surface area contributed by atoms with Gasteiger partial charge >= 0.3 is 6.03 Å². The normalized spacial score (nSPS) is 24.6. The number of fused-ring (bicyclic) bond motifs is 1. The lowest BCUT2D eigenvalue weighted by atomic mass is 9.85. The van der Waals surface area contributed by atoms with Gasteiger partial charge in [-0.05, 0) is 31.6 Å². The Morgan fingerprint density at radius 2 is 2.04 bits per heavy atom. The average Bonchev–Trinajstić information content (AvgIpc) is 2.79. The van der Waals surface area contributed by atoms with Crippen molar-refractivity contribution in [2.75, 3.05) is 7.05 Å². The Morgan fingerprint density at radius 3 is 2.87 bits per heavy atom. The summed E-state index contributed by atoms with van der Waals surface area (Å²) in [5.41, 5.74) is 0. The van der Waals surface area contributed by atoms with E-state index < -0.39 is 0 Å². The van der Waals surface area contributed by atoms with E-state index in [9.17, 15) is 4.79 Å². The van der Waals surface area contributed by atoms with Gasteiger partial charge in [0, 0.05) is 26.1 Å². The highest BCUT2D eigenvalue weighted by Crippen LogP contribution is 2.27. The molecule has 128 valence electrons. The molecule has 1 fully saturated rings. The SMILES string of the molecule is C[C@@H]1CCCC[C@H]1N(C)C(=O)NCc1nnc2n1CCCCC2. The molecule has 1 N–H and O–H groups in total. The molecule has 2 heterocycles. The van der Waals surface area contributed by atoms with Gasteiger partial charge in [-0.25, -0.2) is 4.79 Å². The molecule has 3 rings (SSSR count). The highest BCUT2D eigenvalue weighted by atomic mass is 16.2. The molecule has 0 saturated heterocycles. The summed E-state index contributed by atoms with van der Waals surface area (Å²) in [6, 6.07) is 0.369. The molecule has 1 aliphatic carbocycles. The molecule has 0 spiro atoms. The topological polar surface area (TPSA) is 63.1 Å². The van der Waals surface area contributed by atoms with E-state index in [1.54, 1.807) is 0 Å². The Kier molecular flexibility index (Phi) is 5.18. The lowest BCUT2D eigenvalue weighted by Crippen LogP contribution is -2.47. The number of rotatable bonds is 3. The summed E-state index contributed by atoms with van der Waals surface area (Å²) in [4.78, 5) is 14.4. The molecule has 1 aromatic heterocycles. The maximum absolute atomic E-state index is 12.5. The molecule has 6 heteroatoms. The molecular formula is C17H29N5O. The van der Waals surface area contributed by atoms with E-state index in [1.807, 2.05) is 11.9 Å². The van der Waals surface area contributed by atoms with Crippen LogP contribution in [0.4, 0.5) is 4.79 Å². The van der Waals surface area contributed by atoms with Gasteiger partial charge in [0.15, 0.2) is 5.82 Å². The van der Waals surface area contributed by atoms with Crippen LogP contribution in [0.1, 0.15) is 63.5 Å². The van der Waals surface area contributed by atoms with Crippen molar-refractivity contribution in [3.8, 4) is 0 Å². The fourth-order valence-electron chi connectivity index (χ4n) is 3.98. The van der Waals surface area contributed by atoms with Crippen molar-refractivity contribution >= 4 is 6.03 Å². The highest BCUT2D eigenvalue weighted by Gasteiger charge is 2.28. The van der Waals surface area contributed by atoms with E-state index in [2.05, 4.69) is 27.0 Å². The van der Waals surface area contributed by atoms with Gasteiger partial charge < -0.3 is 14.8 Å². The van der Waals surface area contributed by atoms with E-state index in [4.69, 9.17) is 0 Å². The van der Waals surface area contributed by atoms with E-state index >= 15 is 0 Å². The van der Waals surface area contributed by atoms with Gasteiger partial charge in [0.2, 0.25) is 0 Å². The van der Waals surface area contributed by atoms with E-state index in [-0.39, 0.29) is 6.03 Å². The number of amides is 2. The average molecular weight is 319 g/mol. The number of hydrogen-bond acceptors (Lipinski definition) is 3. The van der Waals surface area contributed by atoms with E-state index in [0.717, 1.165) is 31.0 Å². The quantitative estimate of drug-likeness (QED) is 0.932. The minimum Gasteiger partial charge on any atom is -0.331 e. The second kappa shape index (κ2) is 7.32. The molecule has 0 bridgehead atoms. The molecule has 2 amide bonds. The van der Waals surface area contributed by atoms with Gasteiger partial charge in [0.1, 0.15) is 5.82 Å². The molecule has 0 radical (unpaired) electrons. The number of hydrogen-bond donors (Lipinski definition) is 1. The molecule has 0 aromatic carbocycles. The van der Waals surface area contributed by atoms with Crippen LogP contribution >= 0.6 is 0 Å². The summed E-state index contributed by atoms with van der Waals surface area (Å²) in [6.45, 7) is 3.70. The smallest absolute Gasteiger partial charge is 0.317 e. The Morgan fingerprint density at radius 1 is 1.22 bits per heavy atom. The highest BCUT2D eigenvalue weighted by molar-refractivity contribution is 5.74. The Balaban J connectivity index is 1.57. The molecule has 0 unspecified atom stereocenters. The van der Waals surface area contributed by atoms with Crippen molar-refractivity contribution in [2.45, 2.75) is 77.4 Å². The van der Waals surface area contributed by atoms with E-state index in [1.165, 1.54) is 38.5 Å². The monoisotopic (exact) mass is 319 g/mol. The Hall–Kier alpha value is -1.59. The van der Waals surface area contributed by atoms with Gasteiger partial charge in [-0.15, -0.1) is 10.2 Å². The van der Waals surface area contributed by atoms with Crippen LogP contribution in [0.3, 0.4) is 0 Å². The van der Waals surface area contributed by atoms with Crippen molar-refractivity contribution in [3.63, 3.8) is 0 Å². The number of aryl methyl sites for hydroxylation is 1. The van der Waals surface area contributed by atoms with Crippen LogP contribution in [0.15, 0.2) is 0 Å². The third kappa shape index (κ3) is 3.67. The van der Waals surface area contributed by atoms with Crippen LogP contribution in [0, 0.1) is 5.92 Å². The maximum Gasteiger partial charge on any atom is 0.317 e. The summed E-state index contributed by atoms with van der Waals surface area (Å²) in [7, 11) is 1.92. The lowest BCUT2D eigenvalue weighted by molar-refractivity contribution is 0.144. The first-order chi connectivity index (χ1) is 11.2. The molecule has 1 aromatic rings. The summed E-state index contributed by atoms with van der Waals surface area (Å²) in [5, 5.41) is 11.6. The van der Waals surface area contributed by atoms with Crippen molar-refractivity contribution in [1.29, 1.82) is 0 Å². The predicted molar refractivity (Wildman–Crippen MR) is 89.0 cm³/mol. The molecular weight excluding hydrogens is 290 g/mol. The molecule has 1 aliphatic heterocycles. The third-order valence-electron chi connectivity index (χ3n) is 5.47. The van der Waals surface area contributed by atoms with Crippen LogP contribution in [0.2, 0.25) is 0 Å². The van der Waals surface area contributed by atoms with Crippen molar-refractivity contribution in [1.82, 2.24) is 25.0 Å². The molecule has 1 saturated carbocycles. The number of carbonyl (C=O) groups excluding carboxylic acids is 1. The first-order valence-corrected chi connectivity index (χ1v) is 9.08. The standard InChI is InChI=1S/C17H29N5O/c1-13-8-5-6-9-14(13)21(2)17(23)18-12-16-20-19-15-10-4-3-7-11-22(15)16/h13-14H,3-12H2,1-2H3,(H,18,23)/t13-,14-/m1/s1. The van der Waals surface area contributed by atoms with Crippen LogP contribution in [0.25, 0.3) is 0 Å². The maximum atomic E-state index is 12.5.